The molecule has 96 valence electrons. The lowest BCUT2D eigenvalue weighted by Crippen LogP contribution is -2.12. The minimum absolute atomic E-state index is 0.346. The zero-order valence-corrected chi connectivity index (χ0v) is 9.59. The molecule has 2 aromatic rings. The third-order valence-electron chi connectivity index (χ3n) is 3.00. The molecule has 2 aromatic heterocycles. The average molecular weight is 255 g/mol. The highest BCUT2D eigenvalue weighted by molar-refractivity contribution is 5.51. The molecule has 0 bridgehead atoms. The molecular weight excluding hydrogens is 244 g/mol. The molecule has 0 radical (unpaired) electrons. The highest BCUT2D eigenvalue weighted by Gasteiger charge is 2.25. The number of imidazole rings is 1. The summed E-state index contributed by atoms with van der Waals surface area (Å²) in [5, 5.41) is 14.3. The van der Waals surface area contributed by atoms with Gasteiger partial charge in [-0.3, -0.25) is 0 Å². The van der Waals surface area contributed by atoms with Crippen LogP contribution < -0.4 is 0 Å². The van der Waals surface area contributed by atoms with Crippen LogP contribution in [0.5, 0.6) is 0 Å². The molecule has 1 aliphatic rings. The molecule has 3 rings (SSSR count). The maximum absolute atomic E-state index is 12.4. The van der Waals surface area contributed by atoms with Crippen LogP contribution in [0.25, 0.3) is 11.5 Å². The normalized spacial score (nSPS) is 15.6. The van der Waals surface area contributed by atoms with Gasteiger partial charge < -0.3 is 9.77 Å². The van der Waals surface area contributed by atoms with E-state index in [2.05, 4.69) is 10.1 Å². The molecule has 0 spiro atoms. The number of hydroxylamine groups is 2. The summed E-state index contributed by atoms with van der Waals surface area (Å²) < 4.78 is 27.2. The van der Waals surface area contributed by atoms with Gasteiger partial charge in [0.2, 0.25) is 0 Å². The summed E-state index contributed by atoms with van der Waals surface area (Å²) in [4.78, 5) is 4.32. The van der Waals surface area contributed by atoms with Gasteiger partial charge in [-0.05, 0) is 6.07 Å². The fourth-order valence-electron chi connectivity index (χ4n) is 2.11. The summed E-state index contributed by atoms with van der Waals surface area (Å²) in [6.45, 7) is -1.92. The lowest BCUT2D eigenvalue weighted by atomic mass is 10.4. The molecular formula is C10H11F2N5O. The third kappa shape index (κ3) is 1.61. The van der Waals surface area contributed by atoms with Crippen molar-refractivity contribution in [2.45, 2.75) is 19.6 Å². The first-order chi connectivity index (χ1) is 8.56. The zero-order valence-electron chi connectivity index (χ0n) is 9.59. The first-order valence-corrected chi connectivity index (χ1v) is 5.38. The molecule has 0 atom stereocenters. The molecule has 0 aromatic carbocycles. The fraction of sp³-hybridized carbons (Fsp3) is 0.400. The van der Waals surface area contributed by atoms with Gasteiger partial charge in [-0.15, -0.1) is 0 Å². The van der Waals surface area contributed by atoms with Gasteiger partial charge in [0.15, 0.2) is 5.82 Å². The van der Waals surface area contributed by atoms with Crippen LogP contribution in [0.3, 0.4) is 0 Å². The maximum atomic E-state index is 12.4. The topological polar surface area (TPSA) is 59.1 Å². The molecule has 0 amide bonds. The Bertz CT molecular complexity index is 591. The molecule has 1 aliphatic heterocycles. The highest BCUT2D eigenvalue weighted by atomic mass is 19.3. The van der Waals surface area contributed by atoms with E-state index in [1.165, 1.54) is 12.3 Å². The Labute approximate surface area is 101 Å². The molecule has 0 saturated carbocycles. The molecule has 0 saturated heterocycles. The van der Waals surface area contributed by atoms with Gasteiger partial charge in [-0.1, -0.05) is 0 Å². The molecule has 0 fully saturated rings. The highest BCUT2D eigenvalue weighted by Crippen LogP contribution is 2.26. The van der Waals surface area contributed by atoms with Crippen LogP contribution in [0.1, 0.15) is 17.9 Å². The first kappa shape index (κ1) is 11.3. The number of alkyl halides is 2. The van der Waals surface area contributed by atoms with E-state index in [1.807, 2.05) is 0 Å². The van der Waals surface area contributed by atoms with Gasteiger partial charge in [-0.25, -0.2) is 9.67 Å². The van der Waals surface area contributed by atoms with Crippen LogP contribution >= 0.6 is 0 Å². The van der Waals surface area contributed by atoms with E-state index < -0.39 is 6.55 Å². The predicted octanol–water partition coefficient (Wildman–Crippen LogP) is 1.38. The second-order valence-electron chi connectivity index (χ2n) is 4.17. The number of hydrogen-bond acceptors (Lipinski definition) is 4. The quantitative estimate of drug-likeness (QED) is 0.880. The van der Waals surface area contributed by atoms with Crippen molar-refractivity contribution in [2.75, 3.05) is 0 Å². The van der Waals surface area contributed by atoms with Gasteiger partial charge in [0, 0.05) is 13.2 Å². The van der Waals surface area contributed by atoms with Crippen molar-refractivity contribution in [1.82, 2.24) is 24.4 Å². The summed E-state index contributed by atoms with van der Waals surface area (Å²) in [7, 11) is 1.78. The van der Waals surface area contributed by atoms with Crippen LogP contribution in [-0.4, -0.2) is 29.6 Å². The van der Waals surface area contributed by atoms with Gasteiger partial charge >= 0.3 is 6.55 Å². The van der Waals surface area contributed by atoms with Crippen LogP contribution in [0.15, 0.2) is 12.3 Å². The van der Waals surface area contributed by atoms with E-state index in [4.69, 9.17) is 0 Å². The second-order valence-corrected chi connectivity index (χ2v) is 4.17. The van der Waals surface area contributed by atoms with E-state index in [0.29, 0.717) is 29.3 Å². The molecule has 0 unspecified atom stereocenters. The summed E-state index contributed by atoms with van der Waals surface area (Å²) in [5.74, 6) is 0.535. The van der Waals surface area contributed by atoms with E-state index in [9.17, 15) is 14.0 Å². The Hall–Kier alpha value is -1.80. The second kappa shape index (κ2) is 3.85. The smallest absolute Gasteiger partial charge is 0.328 e. The van der Waals surface area contributed by atoms with Crippen LogP contribution in [0.2, 0.25) is 0 Å². The van der Waals surface area contributed by atoms with Crippen LogP contribution in [0, 0.1) is 0 Å². The van der Waals surface area contributed by atoms with Crippen molar-refractivity contribution in [2.24, 2.45) is 7.05 Å². The van der Waals surface area contributed by atoms with Gasteiger partial charge in [0.05, 0.1) is 24.5 Å². The van der Waals surface area contributed by atoms with Crippen LogP contribution in [-0.2, 0) is 20.1 Å². The Morgan fingerprint density at radius 3 is 2.78 bits per heavy atom. The van der Waals surface area contributed by atoms with Crippen molar-refractivity contribution < 1.29 is 14.0 Å². The summed E-state index contributed by atoms with van der Waals surface area (Å²) in [6, 6.07) is 1.50. The Morgan fingerprint density at radius 1 is 1.39 bits per heavy atom. The minimum atomic E-state index is -2.65. The number of nitrogens with zero attached hydrogens (tertiary/aromatic N) is 5. The molecule has 18 heavy (non-hydrogen) atoms. The fourth-order valence-corrected chi connectivity index (χ4v) is 2.11. The first-order valence-electron chi connectivity index (χ1n) is 5.38. The summed E-state index contributed by atoms with van der Waals surface area (Å²) in [6.07, 6.45) is 1.22. The largest absolute Gasteiger partial charge is 0.333 e. The predicted molar refractivity (Wildman–Crippen MR) is 56.7 cm³/mol. The molecule has 8 heteroatoms. The molecule has 3 heterocycles. The molecule has 1 N–H and O–H groups in total. The molecule has 6 nitrogen and oxygen atoms in total. The maximum Gasteiger partial charge on any atom is 0.333 e. The third-order valence-corrected chi connectivity index (χ3v) is 3.00. The average Bonchev–Trinajstić information content (AvgIpc) is 2.95. The van der Waals surface area contributed by atoms with Gasteiger partial charge in [0.1, 0.15) is 5.69 Å². The standard InChI is InChI=1S/C10H11F2N5O/c1-15-8-5-16(18)4-7(8)13-9(15)6-2-3-17(14-6)10(11)12/h2-3,10,18H,4-5H2,1H3. The number of aromatic nitrogens is 4. The number of hydrogen-bond donors (Lipinski definition) is 1. The lowest BCUT2D eigenvalue weighted by Gasteiger charge is -2.06. The monoisotopic (exact) mass is 255 g/mol. The van der Waals surface area contributed by atoms with Crippen molar-refractivity contribution in [3.8, 4) is 11.5 Å². The minimum Gasteiger partial charge on any atom is -0.328 e. The van der Waals surface area contributed by atoms with Gasteiger partial charge in [-0.2, -0.15) is 18.9 Å². The number of fused-ring (bicyclic) bond motifs is 1. The van der Waals surface area contributed by atoms with Crippen molar-refractivity contribution in [3.63, 3.8) is 0 Å². The number of halogens is 2. The number of rotatable bonds is 2. The van der Waals surface area contributed by atoms with Crippen LogP contribution in [0.4, 0.5) is 8.78 Å². The van der Waals surface area contributed by atoms with E-state index in [1.54, 1.807) is 11.6 Å². The van der Waals surface area contributed by atoms with E-state index in [-0.39, 0.29) is 0 Å². The van der Waals surface area contributed by atoms with Gasteiger partial charge in [0.25, 0.3) is 0 Å². The summed E-state index contributed by atoms with van der Waals surface area (Å²) >= 11 is 0. The Kier molecular flexibility index (Phi) is 2.42. The lowest BCUT2D eigenvalue weighted by molar-refractivity contribution is -0.0984. The van der Waals surface area contributed by atoms with Crippen molar-refractivity contribution in [1.29, 1.82) is 0 Å². The molecule has 0 aliphatic carbocycles. The Morgan fingerprint density at radius 2 is 2.17 bits per heavy atom. The van der Waals surface area contributed by atoms with Crippen molar-refractivity contribution in [3.05, 3.63) is 23.7 Å². The summed E-state index contributed by atoms with van der Waals surface area (Å²) in [5.41, 5.74) is 2.03. The van der Waals surface area contributed by atoms with Crippen molar-refractivity contribution >= 4 is 0 Å². The SMILES string of the molecule is Cn1c(-c2ccn(C(F)F)n2)nc2c1CN(O)C2. The Balaban J connectivity index is 2.00. The van der Waals surface area contributed by atoms with E-state index in [0.717, 1.165) is 16.5 Å². The van der Waals surface area contributed by atoms with E-state index >= 15 is 0 Å². The zero-order chi connectivity index (χ0) is 12.9.